The highest BCUT2D eigenvalue weighted by Crippen LogP contribution is 2.19. The van der Waals surface area contributed by atoms with E-state index in [4.69, 9.17) is 14.2 Å². The maximum absolute atomic E-state index is 10.6. The molecule has 86 valence electrons. The fourth-order valence-corrected chi connectivity index (χ4v) is 1.33. The van der Waals surface area contributed by atoms with Gasteiger partial charge < -0.3 is 18.9 Å². The molecule has 1 aliphatic rings. The van der Waals surface area contributed by atoms with Gasteiger partial charge in [-0.2, -0.15) is 0 Å². The van der Waals surface area contributed by atoms with E-state index in [9.17, 15) is 4.79 Å². The van der Waals surface area contributed by atoms with E-state index in [1.54, 1.807) is 19.2 Å². The third-order valence-electron chi connectivity index (χ3n) is 2.13. The Bertz CT molecular complexity index is 376. The Kier molecular flexibility index (Phi) is 3.14. The van der Waals surface area contributed by atoms with Crippen LogP contribution in [0.5, 0.6) is 11.5 Å². The van der Waals surface area contributed by atoms with Crippen molar-refractivity contribution in [1.29, 1.82) is 0 Å². The first kappa shape index (κ1) is 10.6. The number of rotatable bonds is 4. The molecule has 0 spiro atoms. The molecule has 1 unspecified atom stereocenters. The normalized spacial score (nSPS) is 18.8. The minimum Gasteiger partial charge on any atom is -0.497 e. The molecule has 0 N–H and O–H groups in total. The van der Waals surface area contributed by atoms with Crippen LogP contribution < -0.4 is 9.47 Å². The zero-order valence-electron chi connectivity index (χ0n) is 8.84. The van der Waals surface area contributed by atoms with Gasteiger partial charge in [0.15, 0.2) is 6.10 Å². The Labute approximate surface area is 92.9 Å². The number of cyclic esters (lactones) is 2. The molecule has 0 saturated carbocycles. The molecule has 0 bridgehead atoms. The van der Waals surface area contributed by atoms with Crippen LogP contribution in [0.1, 0.15) is 0 Å². The van der Waals surface area contributed by atoms with Crippen LogP contribution in [0, 0.1) is 0 Å². The number of carbonyl (C=O) groups is 1. The Morgan fingerprint density at radius 2 is 2.25 bits per heavy atom. The number of hydrogen-bond donors (Lipinski definition) is 0. The standard InChI is InChI=1S/C11H12O5/c1-13-8-3-2-4-9(5-8)14-6-10-7-15-11(12)16-10/h2-5,10H,6-7H2,1H3. The molecule has 1 saturated heterocycles. The summed E-state index contributed by atoms with van der Waals surface area (Å²) in [6.07, 6.45) is -0.974. The van der Waals surface area contributed by atoms with Crippen molar-refractivity contribution >= 4 is 6.16 Å². The summed E-state index contributed by atoms with van der Waals surface area (Å²) in [7, 11) is 1.59. The van der Waals surface area contributed by atoms with Crippen molar-refractivity contribution < 1.29 is 23.7 Å². The zero-order valence-corrected chi connectivity index (χ0v) is 8.84. The molecule has 0 aliphatic carbocycles. The van der Waals surface area contributed by atoms with Gasteiger partial charge in [-0.3, -0.25) is 0 Å². The first-order valence-electron chi connectivity index (χ1n) is 4.88. The largest absolute Gasteiger partial charge is 0.508 e. The summed E-state index contributed by atoms with van der Waals surface area (Å²) in [6, 6.07) is 7.22. The second kappa shape index (κ2) is 4.74. The molecular weight excluding hydrogens is 212 g/mol. The molecule has 1 aromatic rings. The molecule has 1 fully saturated rings. The number of hydrogen-bond acceptors (Lipinski definition) is 5. The third kappa shape index (κ3) is 2.56. The van der Waals surface area contributed by atoms with Crippen LogP contribution in [0.3, 0.4) is 0 Å². The van der Waals surface area contributed by atoms with E-state index in [2.05, 4.69) is 4.74 Å². The number of ether oxygens (including phenoxy) is 4. The first-order chi connectivity index (χ1) is 7.78. The molecule has 1 aromatic carbocycles. The van der Waals surface area contributed by atoms with Crippen molar-refractivity contribution in [1.82, 2.24) is 0 Å². The van der Waals surface area contributed by atoms with Gasteiger partial charge in [0.05, 0.1) is 7.11 Å². The molecule has 1 aliphatic heterocycles. The molecular formula is C11H12O5. The van der Waals surface area contributed by atoms with Gasteiger partial charge in [0.2, 0.25) is 0 Å². The summed E-state index contributed by atoms with van der Waals surface area (Å²) in [4.78, 5) is 10.6. The van der Waals surface area contributed by atoms with E-state index in [1.165, 1.54) is 0 Å². The van der Waals surface area contributed by atoms with Crippen LogP contribution in [-0.4, -0.2) is 32.6 Å². The lowest BCUT2D eigenvalue weighted by molar-refractivity contribution is 0.0982. The average Bonchev–Trinajstić information content (AvgIpc) is 2.73. The third-order valence-corrected chi connectivity index (χ3v) is 2.13. The lowest BCUT2D eigenvalue weighted by Crippen LogP contribution is -2.19. The van der Waals surface area contributed by atoms with Crippen LogP contribution in [0.25, 0.3) is 0 Å². The molecule has 0 aromatic heterocycles. The SMILES string of the molecule is COc1cccc(OCC2COC(=O)O2)c1. The van der Waals surface area contributed by atoms with E-state index < -0.39 is 6.16 Å². The topological polar surface area (TPSA) is 54.0 Å². The number of benzene rings is 1. The molecule has 5 heteroatoms. The molecule has 5 nitrogen and oxygen atoms in total. The zero-order chi connectivity index (χ0) is 11.4. The van der Waals surface area contributed by atoms with Gasteiger partial charge in [0.1, 0.15) is 24.7 Å². The Morgan fingerprint density at radius 1 is 1.44 bits per heavy atom. The minimum atomic E-state index is -0.640. The quantitative estimate of drug-likeness (QED) is 0.727. The molecule has 16 heavy (non-hydrogen) atoms. The molecule has 0 amide bonds. The average molecular weight is 224 g/mol. The van der Waals surface area contributed by atoms with Crippen LogP contribution >= 0.6 is 0 Å². The van der Waals surface area contributed by atoms with Crippen molar-refractivity contribution in [2.75, 3.05) is 20.3 Å². The first-order valence-corrected chi connectivity index (χ1v) is 4.88. The second-order valence-electron chi connectivity index (χ2n) is 3.29. The fourth-order valence-electron chi connectivity index (χ4n) is 1.33. The van der Waals surface area contributed by atoms with Crippen LogP contribution in [-0.2, 0) is 9.47 Å². The predicted molar refractivity (Wildman–Crippen MR) is 54.7 cm³/mol. The van der Waals surface area contributed by atoms with Gasteiger partial charge in [-0.05, 0) is 12.1 Å². The minimum absolute atomic E-state index is 0.239. The Morgan fingerprint density at radius 3 is 2.94 bits per heavy atom. The van der Waals surface area contributed by atoms with Crippen LogP contribution in [0.4, 0.5) is 4.79 Å². The summed E-state index contributed by atoms with van der Waals surface area (Å²) in [5.41, 5.74) is 0. The van der Waals surface area contributed by atoms with Gasteiger partial charge in [-0.1, -0.05) is 6.07 Å². The summed E-state index contributed by atoms with van der Waals surface area (Å²) in [5.74, 6) is 1.39. The Hall–Kier alpha value is -1.91. The maximum atomic E-state index is 10.6. The molecule has 2 rings (SSSR count). The highest BCUT2D eigenvalue weighted by Gasteiger charge is 2.25. The van der Waals surface area contributed by atoms with Gasteiger partial charge in [0, 0.05) is 6.07 Å². The Balaban J connectivity index is 1.87. The summed E-state index contributed by atoms with van der Waals surface area (Å²) >= 11 is 0. The van der Waals surface area contributed by atoms with Gasteiger partial charge in [-0.15, -0.1) is 0 Å². The molecule has 1 heterocycles. The predicted octanol–water partition coefficient (Wildman–Crippen LogP) is 1.61. The fraction of sp³-hybridized carbons (Fsp3) is 0.364. The lowest BCUT2D eigenvalue weighted by atomic mass is 10.3. The summed E-state index contributed by atoms with van der Waals surface area (Å²) in [5, 5.41) is 0. The molecule has 1 atom stereocenters. The highest BCUT2D eigenvalue weighted by molar-refractivity contribution is 5.61. The van der Waals surface area contributed by atoms with Gasteiger partial charge in [0.25, 0.3) is 0 Å². The van der Waals surface area contributed by atoms with Crippen LogP contribution in [0.2, 0.25) is 0 Å². The molecule has 0 radical (unpaired) electrons. The van der Waals surface area contributed by atoms with E-state index in [0.29, 0.717) is 5.75 Å². The highest BCUT2D eigenvalue weighted by atomic mass is 16.8. The lowest BCUT2D eigenvalue weighted by Gasteiger charge is -2.09. The number of carbonyl (C=O) groups excluding carboxylic acids is 1. The van der Waals surface area contributed by atoms with Gasteiger partial charge in [-0.25, -0.2) is 4.79 Å². The van der Waals surface area contributed by atoms with Crippen molar-refractivity contribution in [3.05, 3.63) is 24.3 Å². The van der Waals surface area contributed by atoms with E-state index in [1.807, 2.05) is 12.1 Å². The van der Waals surface area contributed by atoms with E-state index in [-0.39, 0.29) is 19.3 Å². The summed E-state index contributed by atoms with van der Waals surface area (Å²) < 4.78 is 20.0. The van der Waals surface area contributed by atoms with Crippen molar-refractivity contribution in [2.45, 2.75) is 6.10 Å². The maximum Gasteiger partial charge on any atom is 0.508 e. The monoisotopic (exact) mass is 224 g/mol. The van der Waals surface area contributed by atoms with Crippen molar-refractivity contribution in [2.24, 2.45) is 0 Å². The van der Waals surface area contributed by atoms with E-state index >= 15 is 0 Å². The smallest absolute Gasteiger partial charge is 0.497 e. The van der Waals surface area contributed by atoms with Crippen LogP contribution in [0.15, 0.2) is 24.3 Å². The summed E-state index contributed by atoms with van der Waals surface area (Å²) in [6.45, 7) is 0.516. The van der Waals surface area contributed by atoms with Crippen molar-refractivity contribution in [3.63, 3.8) is 0 Å². The van der Waals surface area contributed by atoms with Crippen molar-refractivity contribution in [3.8, 4) is 11.5 Å². The van der Waals surface area contributed by atoms with Gasteiger partial charge >= 0.3 is 6.16 Å². The van der Waals surface area contributed by atoms with E-state index in [0.717, 1.165) is 5.75 Å². The number of methoxy groups -OCH3 is 1. The second-order valence-corrected chi connectivity index (χ2v) is 3.29.